The first-order valence-electron chi connectivity index (χ1n) is 4.60. The maximum atomic E-state index is 11.5. The SMILES string of the molecule is CC(C)(c1nc(C(N)CO)no1)S(C)(=O)=O. The Kier molecular flexibility index (Phi) is 3.36. The minimum atomic E-state index is -3.37. The quantitative estimate of drug-likeness (QED) is 0.726. The molecule has 1 aromatic rings. The molecule has 16 heavy (non-hydrogen) atoms. The van der Waals surface area contributed by atoms with Gasteiger partial charge in [-0.2, -0.15) is 4.98 Å². The number of aliphatic hydroxyl groups is 1. The number of nitrogens with two attached hydrogens (primary N) is 1. The molecule has 1 rings (SSSR count). The molecule has 1 unspecified atom stereocenters. The van der Waals surface area contributed by atoms with E-state index in [-0.39, 0.29) is 18.3 Å². The van der Waals surface area contributed by atoms with Crippen LogP contribution in [0.2, 0.25) is 0 Å². The van der Waals surface area contributed by atoms with Crippen molar-refractivity contribution in [1.29, 1.82) is 0 Å². The van der Waals surface area contributed by atoms with E-state index in [1.165, 1.54) is 13.8 Å². The third-order valence-electron chi connectivity index (χ3n) is 2.41. The summed E-state index contributed by atoms with van der Waals surface area (Å²) < 4.78 is 26.6. The third kappa shape index (κ3) is 2.23. The summed E-state index contributed by atoms with van der Waals surface area (Å²) in [6.07, 6.45) is 1.09. The van der Waals surface area contributed by atoms with E-state index in [4.69, 9.17) is 15.4 Å². The summed E-state index contributed by atoms with van der Waals surface area (Å²) in [5.41, 5.74) is 5.48. The second-order valence-corrected chi connectivity index (χ2v) is 6.59. The molecule has 0 aliphatic carbocycles. The lowest BCUT2D eigenvalue weighted by molar-refractivity contribution is 0.259. The molecule has 7 nitrogen and oxygen atoms in total. The molecule has 92 valence electrons. The molecule has 3 N–H and O–H groups in total. The van der Waals surface area contributed by atoms with Crippen LogP contribution < -0.4 is 5.73 Å². The molecule has 0 saturated carbocycles. The number of hydrogen-bond acceptors (Lipinski definition) is 7. The van der Waals surface area contributed by atoms with E-state index in [1.54, 1.807) is 0 Å². The number of sulfone groups is 1. The zero-order chi connectivity index (χ0) is 12.6. The second kappa shape index (κ2) is 4.11. The van der Waals surface area contributed by atoms with Crippen LogP contribution >= 0.6 is 0 Å². The highest BCUT2D eigenvalue weighted by Gasteiger charge is 2.38. The molecule has 0 aliphatic rings. The van der Waals surface area contributed by atoms with E-state index in [0.717, 1.165) is 6.26 Å². The van der Waals surface area contributed by atoms with E-state index in [1.807, 2.05) is 0 Å². The first-order valence-corrected chi connectivity index (χ1v) is 6.49. The average molecular weight is 249 g/mol. The molecule has 0 saturated heterocycles. The van der Waals surface area contributed by atoms with Crippen molar-refractivity contribution in [2.45, 2.75) is 24.6 Å². The Bertz CT molecular complexity index is 465. The van der Waals surface area contributed by atoms with E-state index in [2.05, 4.69) is 10.1 Å². The Labute approximate surface area is 93.6 Å². The van der Waals surface area contributed by atoms with Gasteiger partial charge in [-0.1, -0.05) is 5.16 Å². The summed E-state index contributed by atoms with van der Waals surface area (Å²) in [6, 6.07) is -0.770. The van der Waals surface area contributed by atoms with Gasteiger partial charge in [0.2, 0.25) is 5.89 Å². The highest BCUT2D eigenvalue weighted by Crippen LogP contribution is 2.27. The Morgan fingerprint density at radius 1 is 1.56 bits per heavy atom. The van der Waals surface area contributed by atoms with Crippen LogP contribution in [0.1, 0.15) is 31.6 Å². The van der Waals surface area contributed by atoms with Crippen LogP contribution in [-0.4, -0.2) is 36.5 Å². The summed E-state index contributed by atoms with van der Waals surface area (Å²) in [5, 5.41) is 12.3. The van der Waals surface area contributed by atoms with Crippen LogP contribution in [0.4, 0.5) is 0 Å². The summed E-state index contributed by atoms with van der Waals surface area (Å²) in [6.45, 7) is 2.59. The summed E-state index contributed by atoms with van der Waals surface area (Å²) in [7, 11) is -3.37. The van der Waals surface area contributed by atoms with Gasteiger partial charge in [-0.3, -0.25) is 0 Å². The van der Waals surface area contributed by atoms with Crippen molar-refractivity contribution in [1.82, 2.24) is 10.1 Å². The Balaban J connectivity index is 3.12. The number of rotatable bonds is 4. The average Bonchev–Trinajstić information content (AvgIpc) is 2.64. The van der Waals surface area contributed by atoms with Crippen molar-refractivity contribution in [3.8, 4) is 0 Å². The fourth-order valence-corrected chi connectivity index (χ4v) is 1.27. The minimum Gasteiger partial charge on any atom is -0.394 e. The third-order valence-corrected chi connectivity index (χ3v) is 4.44. The van der Waals surface area contributed by atoms with Crippen molar-refractivity contribution in [3.63, 3.8) is 0 Å². The van der Waals surface area contributed by atoms with Crippen LogP contribution in [-0.2, 0) is 14.6 Å². The van der Waals surface area contributed by atoms with E-state index < -0.39 is 20.6 Å². The van der Waals surface area contributed by atoms with Crippen LogP contribution in [0.25, 0.3) is 0 Å². The zero-order valence-electron chi connectivity index (χ0n) is 9.34. The predicted molar refractivity (Wildman–Crippen MR) is 56.2 cm³/mol. The lowest BCUT2D eigenvalue weighted by atomic mass is 10.2. The van der Waals surface area contributed by atoms with Gasteiger partial charge < -0.3 is 15.4 Å². The van der Waals surface area contributed by atoms with Gasteiger partial charge in [0.15, 0.2) is 15.7 Å². The van der Waals surface area contributed by atoms with Crippen molar-refractivity contribution >= 4 is 9.84 Å². The molecular formula is C8H15N3O4S. The van der Waals surface area contributed by atoms with Crippen LogP contribution in [0.3, 0.4) is 0 Å². The lowest BCUT2D eigenvalue weighted by Crippen LogP contribution is -2.28. The van der Waals surface area contributed by atoms with Gasteiger partial charge in [0.1, 0.15) is 4.75 Å². The normalized spacial score (nSPS) is 15.1. The fraction of sp³-hybridized carbons (Fsp3) is 0.750. The second-order valence-electron chi connectivity index (χ2n) is 4.03. The number of nitrogens with zero attached hydrogens (tertiary/aromatic N) is 2. The Morgan fingerprint density at radius 3 is 2.56 bits per heavy atom. The predicted octanol–water partition coefficient (Wildman–Crippen LogP) is -0.659. The summed E-state index contributed by atoms with van der Waals surface area (Å²) in [5.74, 6) is 0.0584. The van der Waals surface area contributed by atoms with Crippen LogP contribution in [0.5, 0.6) is 0 Å². The number of hydrogen-bond donors (Lipinski definition) is 2. The van der Waals surface area contributed by atoms with E-state index >= 15 is 0 Å². The molecular weight excluding hydrogens is 234 g/mol. The first-order chi connectivity index (χ1) is 7.20. The largest absolute Gasteiger partial charge is 0.394 e. The molecule has 1 atom stereocenters. The molecule has 8 heteroatoms. The Morgan fingerprint density at radius 2 is 2.12 bits per heavy atom. The van der Waals surface area contributed by atoms with Crippen molar-refractivity contribution < 1.29 is 18.0 Å². The van der Waals surface area contributed by atoms with Crippen molar-refractivity contribution in [3.05, 3.63) is 11.7 Å². The molecule has 0 spiro atoms. The standard InChI is InChI=1S/C8H15N3O4S/c1-8(2,16(3,13)14)7-10-6(11-15-7)5(9)4-12/h5,12H,4,9H2,1-3H3. The number of aromatic nitrogens is 2. The molecule has 0 bridgehead atoms. The first kappa shape index (κ1) is 13.1. The highest BCUT2D eigenvalue weighted by atomic mass is 32.2. The van der Waals surface area contributed by atoms with Gasteiger partial charge in [-0.15, -0.1) is 0 Å². The molecule has 0 fully saturated rings. The minimum absolute atomic E-state index is 0.0334. The molecule has 0 aliphatic heterocycles. The Hall–Kier alpha value is -0.990. The van der Waals surface area contributed by atoms with Gasteiger partial charge >= 0.3 is 0 Å². The topological polar surface area (TPSA) is 119 Å². The van der Waals surface area contributed by atoms with Gasteiger partial charge in [0.25, 0.3) is 0 Å². The van der Waals surface area contributed by atoms with Crippen LogP contribution in [0.15, 0.2) is 4.52 Å². The molecule has 1 heterocycles. The summed E-state index contributed by atoms with van der Waals surface area (Å²) >= 11 is 0. The molecule has 0 radical (unpaired) electrons. The van der Waals surface area contributed by atoms with E-state index in [9.17, 15) is 8.42 Å². The van der Waals surface area contributed by atoms with Crippen LogP contribution in [0, 0.1) is 0 Å². The maximum absolute atomic E-state index is 11.5. The molecule has 0 aromatic carbocycles. The van der Waals surface area contributed by atoms with Gasteiger partial charge in [0.05, 0.1) is 12.6 Å². The van der Waals surface area contributed by atoms with Gasteiger partial charge in [0, 0.05) is 6.26 Å². The van der Waals surface area contributed by atoms with Crippen molar-refractivity contribution in [2.24, 2.45) is 5.73 Å². The molecule has 1 aromatic heterocycles. The van der Waals surface area contributed by atoms with Crippen molar-refractivity contribution in [2.75, 3.05) is 12.9 Å². The smallest absolute Gasteiger partial charge is 0.247 e. The lowest BCUT2D eigenvalue weighted by Gasteiger charge is -2.16. The molecule has 0 amide bonds. The van der Waals surface area contributed by atoms with Gasteiger partial charge in [-0.25, -0.2) is 8.42 Å². The monoisotopic (exact) mass is 249 g/mol. The zero-order valence-corrected chi connectivity index (χ0v) is 10.2. The fourth-order valence-electron chi connectivity index (χ4n) is 0.870. The summed E-state index contributed by atoms with van der Waals surface area (Å²) in [4.78, 5) is 3.88. The highest BCUT2D eigenvalue weighted by molar-refractivity contribution is 7.91. The maximum Gasteiger partial charge on any atom is 0.247 e. The number of aliphatic hydroxyl groups excluding tert-OH is 1. The van der Waals surface area contributed by atoms with E-state index in [0.29, 0.717) is 0 Å². The van der Waals surface area contributed by atoms with Gasteiger partial charge in [-0.05, 0) is 13.8 Å².